The summed E-state index contributed by atoms with van der Waals surface area (Å²) in [5.74, 6) is 0.0748. The number of aryl methyl sites for hydroxylation is 3. The van der Waals surface area contributed by atoms with E-state index in [1.807, 2.05) is 38.4 Å². The van der Waals surface area contributed by atoms with Gasteiger partial charge in [-0.1, -0.05) is 63.3 Å². The van der Waals surface area contributed by atoms with Crippen LogP contribution < -0.4 is 21.7 Å². The van der Waals surface area contributed by atoms with Crippen LogP contribution in [0.1, 0.15) is 107 Å². The Kier molecular flexibility index (Phi) is 16.1. The Morgan fingerprint density at radius 3 is 2.36 bits per heavy atom. The van der Waals surface area contributed by atoms with Crippen LogP contribution in [0.4, 0.5) is 0 Å². The van der Waals surface area contributed by atoms with E-state index in [-0.39, 0.29) is 11.8 Å². The highest BCUT2D eigenvalue weighted by atomic mass is 16.3. The number of benzene rings is 1. The zero-order valence-electron chi connectivity index (χ0n) is 27.4. The van der Waals surface area contributed by atoms with Gasteiger partial charge in [0.05, 0.1) is 12.5 Å². The molecule has 3 amide bonds. The van der Waals surface area contributed by atoms with Crippen molar-refractivity contribution in [2.75, 3.05) is 19.7 Å². The molecule has 1 aliphatic rings. The van der Waals surface area contributed by atoms with E-state index in [1.54, 1.807) is 0 Å². The summed E-state index contributed by atoms with van der Waals surface area (Å²) in [6, 6.07) is 6.16. The van der Waals surface area contributed by atoms with Gasteiger partial charge in [0.25, 0.3) is 0 Å². The van der Waals surface area contributed by atoms with Gasteiger partial charge in [-0.05, 0) is 81.9 Å². The molecule has 1 aliphatic carbocycles. The van der Waals surface area contributed by atoms with Crippen molar-refractivity contribution >= 4 is 17.7 Å². The second kappa shape index (κ2) is 20.0. The molecule has 1 heterocycles. The molecule has 1 aromatic carbocycles. The van der Waals surface area contributed by atoms with Crippen LogP contribution in [0.3, 0.4) is 0 Å². The quantitative estimate of drug-likeness (QED) is 0.141. The molecule has 10 heteroatoms. The molecule has 10 nitrogen and oxygen atoms in total. The Bertz CT molecular complexity index is 1160. The molecule has 1 fully saturated rings. The fraction of sp³-hybridized carbons (Fsp3) is 0.657. The normalized spacial score (nSPS) is 15.6. The van der Waals surface area contributed by atoms with E-state index >= 15 is 0 Å². The summed E-state index contributed by atoms with van der Waals surface area (Å²) >= 11 is 0. The Hall–Kier alpha value is -3.24. The lowest BCUT2D eigenvalue weighted by Gasteiger charge is -2.25. The van der Waals surface area contributed by atoms with Crippen LogP contribution >= 0.6 is 0 Å². The maximum Gasteiger partial charge on any atom is 0.245 e. The minimum Gasteiger partial charge on any atom is -0.394 e. The number of imidazole rings is 1. The second-order valence-corrected chi connectivity index (χ2v) is 12.5. The Morgan fingerprint density at radius 1 is 0.978 bits per heavy atom. The van der Waals surface area contributed by atoms with Gasteiger partial charge in [0.2, 0.25) is 17.7 Å². The van der Waals surface area contributed by atoms with Crippen molar-refractivity contribution in [1.82, 2.24) is 25.5 Å². The van der Waals surface area contributed by atoms with Gasteiger partial charge in [-0.2, -0.15) is 0 Å². The van der Waals surface area contributed by atoms with Crippen molar-refractivity contribution in [3.05, 3.63) is 53.6 Å². The predicted molar refractivity (Wildman–Crippen MR) is 177 cm³/mol. The van der Waals surface area contributed by atoms with Crippen molar-refractivity contribution in [3.63, 3.8) is 0 Å². The number of aromatic nitrogens is 2. The highest BCUT2D eigenvalue weighted by Gasteiger charge is 2.29. The first-order chi connectivity index (χ1) is 21.9. The summed E-state index contributed by atoms with van der Waals surface area (Å²) in [5.41, 5.74) is 7.73. The number of nitrogens with two attached hydrogens (primary N) is 1. The first-order valence-electron chi connectivity index (χ1n) is 17.1. The zero-order valence-corrected chi connectivity index (χ0v) is 27.4. The Morgan fingerprint density at radius 2 is 1.71 bits per heavy atom. The summed E-state index contributed by atoms with van der Waals surface area (Å²) in [6.45, 7) is 5.40. The third-order valence-corrected chi connectivity index (χ3v) is 9.12. The van der Waals surface area contributed by atoms with E-state index in [0.29, 0.717) is 38.3 Å². The van der Waals surface area contributed by atoms with Gasteiger partial charge in [0, 0.05) is 25.5 Å². The lowest BCUT2D eigenvalue weighted by atomic mass is 9.87. The summed E-state index contributed by atoms with van der Waals surface area (Å²) in [5, 5.41) is 18.6. The SMILES string of the molecule is CC[C@H](C(=O)N[C@@H](CO)C(=O)N[C@@H](CCCCN)C(=O)NCCC1CCCCC1)c1ccc(CCCCn2ccnc2C)cc1. The highest BCUT2D eigenvalue weighted by Crippen LogP contribution is 2.26. The van der Waals surface area contributed by atoms with Crippen LogP contribution in [0.25, 0.3) is 0 Å². The number of nitrogens with zero attached hydrogens (tertiary/aromatic N) is 2. The number of carbonyl (C=O) groups excluding carboxylic acids is 3. The lowest BCUT2D eigenvalue weighted by molar-refractivity contribution is -0.133. The van der Waals surface area contributed by atoms with Crippen LogP contribution in [0.5, 0.6) is 0 Å². The maximum atomic E-state index is 13.3. The molecule has 6 N–H and O–H groups in total. The van der Waals surface area contributed by atoms with Crippen molar-refractivity contribution in [2.45, 2.75) is 122 Å². The molecule has 0 saturated heterocycles. The molecule has 0 bridgehead atoms. The zero-order chi connectivity index (χ0) is 32.4. The standard InChI is InChI=1S/C35H56N6O4/c1-3-30(29-17-15-28(16-18-29)13-8-10-23-41-24-22-37-26(41)2)33(43)40-32(25-42)35(45)39-31(14-7-9-20-36)34(44)38-21-19-27-11-5-4-6-12-27/h15-18,22,24,27,30-32,42H,3-14,19-21,23,25,36H2,1-2H3,(H,38,44)(H,39,45)(H,40,43)/t30-,31-,32-/m0/s1. The van der Waals surface area contributed by atoms with Gasteiger partial charge in [0.15, 0.2) is 0 Å². The highest BCUT2D eigenvalue weighted by molar-refractivity contribution is 5.93. The number of unbranched alkanes of at least 4 members (excludes halogenated alkanes) is 2. The lowest BCUT2D eigenvalue weighted by Crippen LogP contribution is -2.55. The first kappa shape index (κ1) is 36.2. The molecule has 3 atom stereocenters. The number of aliphatic hydroxyl groups excluding tert-OH is 1. The predicted octanol–water partition coefficient (Wildman–Crippen LogP) is 3.89. The van der Waals surface area contributed by atoms with Crippen molar-refractivity contribution in [1.29, 1.82) is 0 Å². The molecule has 0 aliphatic heterocycles. The summed E-state index contributed by atoms with van der Waals surface area (Å²) in [7, 11) is 0. The van der Waals surface area contributed by atoms with Crippen molar-refractivity contribution < 1.29 is 19.5 Å². The molecule has 45 heavy (non-hydrogen) atoms. The van der Waals surface area contributed by atoms with E-state index < -0.39 is 30.5 Å². The molecule has 250 valence electrons. The third-order valence-electron chi connectivity index (χ3n) is 9.12. The average molecular weight is 625 g/mol. The van der Waals surface area contributed by atoms with Gasteiger partial charge >= 0.3 is 0 Å². The summed E-state index contributed by atoms with van der Waals surface area (Å²) < 4.78 is 2.16. The number of hydrogen-bond acceptors (Lipinski definition) is 6. The Balaban J connectivity index is 1.51. The average Bonchev–Trinajstić information content (AvgIpc) is 3.47. The van der Waals surface area contributed by atoms with E-state index in [9.17, 15) is 19.5 Å². The topological polar surface area (TPSA) is 151 Å². The molecule has 1 saturated carbocycles. The van der Waals surface area contributed by atoms with E-state index in [4.69, 9.17) is 5.73 Å². The molecular formula is C35H56N6O4. The van der Waals surface area contributed by atoms with Crippen LogP contribution in [0, 0.1) is 12.8 Å². The maximum absolute atomic E-state index is 13.3. The van der Waals surface area contributed by atoms with Gasteiger partial charge in [-0.25, -0.2) is 4.98 Å². The van der Waals surface area contributed by atoms with E-state index in [2.05, 4.69) is 37.6 Å². The summed E-state index contributed by atoms with van der Waals surface area (Å²) in [4.78, 5) is 43.8. The molecule has 3 rings (SSSR count). The number of carbonyl (C=O) groups is 3. The number of amides is 3. The van der Waals surface area contributed by atoms with Gasteiger partial charge in [0.1, 0.15) is 17.9 Å². The van der Waals surface area contributed by atoms with Crippen LogP contribution in [0.15, 0.2) is 36.7 Å². The molecule has 2 aromatic rings. The fourth-order valence-corrected chi connectivity index (χ4v) is 6.24. The van der Waals surface area contributed by atoms with Gasteiger partial charge < -0.3 is 31.4 Å². The minimum absolute atomic E-state index is 0.234. The van der Waals surface area contributed by atoms with Crippen molar-refractivity contribution in [3.8, 4) is 0 Å². The molecule has 1 aromatic heterocycles. The largest absolute Gasteiger partial charge is 0.394 e. The second-order valence-electron chi connectivity index (χ2n) is 12.5. The van der Waals surface area contributed by atoms with Crippen LogP contribution in [0.2, 0.25) is 0 Å². The monoisotopic (exact) mass is 624 g/mol. The number of hydrogen-bond donors (Lipinski definition) is 5. The smallest absolute Gasteiger partial charge is 0.245 e. The molecule has 0 unspecified atom stereocenters. The van der Waals surface area contributed by atoms with E-state index in [0.717, 1.165) is 50.0 Å². The van der Waals surface area contributed by atoms with Gasteiger partial charge in [-0.3, -0.25) is 14.4 Å². The Labute approximate surface area is 269 Å². The van der Waals surface area contributed by atoms with E-state index in [1.165, 1.54) is 37.7 Å². The van der Waals surface area contributed by atoms with Crippen molar-refractivity contribution in [2.24, 2.45) is 11.7 Å². The van der Waals surface area contributed by atoms with Gasteiger partial charge in [-0.15, -0.1) is 0 Å². The number of nitrogens with one attached hydrogen (secondary N) is 3. The minimum atomic E-state index is -1.16. The number of aliphatic hydroxyl groups is 1. The summed E-state index contributed by atoms with van der Waals surface area (Å²) in [6.07, 6.45) is 16.4. The van der Waals surface area contributed by atoms with Crippen LogP contribution in [-0.2, 0) is 27.3 Å². The first-order valence-corrected chi connectivity index (χ1v) is 17.1. The molecular weight excluding hydrogens is 568 g/mol. The molecule has 0 spiro atoms. The fourth-order valence-electron chi connectivity index (χ4n) is 6.24. The van der Waals surface area contributed by atoms with Crippen LogP contribution in [-0.4, -0.2) is 64.2 Å². The molecule has 0 radical (unpaired) electrons. The number of rotatable bonds is 20. The third kappa shape index (κ3) is 12.2.